The summed E-state index contributed by atoms with van der Waals surface area (Å²) in [4.78, 5) is 45.9. The van der Waals surface area contributed by atoms with Crippen LogP contribution in [0.15, 0.2) is 42.5 Å². The minimum absolute atomic E-state index is 0.137. The second-order valence-corrected chi connectivity index (χ2v) is 13.3. The van der Waals surface area contributed by atoms with E-state index in [0.29, 0.717) is 43.2 Å². The first-order valence-electron chi connectivity index (χ1n) is 14.0. The molecule has 0 aliphatic carbocycles. The van der Waals surface area contributed by atoms with E-state index in [1.54, 1.807) is 27.6 Å². The van der Waals surface area contributed by atoms with Gasteiger partial charge in [0.1, 0.15) is 6.04 Å². The molecular formula is C30H37ClN2O5S. The van der Waals surface area contributed by atoms with Crippen molar-refractivity contribution in [2.24, 2.45) is 11.8 Å². The summed E-state index contributed by atoms with van der Waals surface area (Å²) < 4.78 is 4.09. The van der Waals surface area contributed by atoms with Gasteiger partial charge in [-0.1, -0.05) is 60.9 Å². The number of amides is 2. The van der Waals surface area contributed by atoms with Crippen LogP contribution in [0.3, 0.4) is 0 Å². The number of anilines is 1. The van der Waals surface area contributed by atoms with Crippen LogP contribution in [0.5, 0.6) is 0 Å². The van der Waals surface area contributed by atoms with Gasteiger partial charge in [-0.2, -0.15) is 0 Å². The van der Waals surface area contributed by atoms with Gasteiger partial charge < -0.3 is 19.6 Å². The Morgan fingerprint density at radius 2 is 1.87 bits per heavy atom. The van der Waals surface area contributed by atoms with Crippen LogP contribution in [0.25, 0.3) is 0 Å². The summed E-state index contributed by atoms with van der Waals surface area (Å²) >= 11 is 8.19. The molecule has 4 aliphatic rings. The fraction of sp³-hybridized carbons (Fsp3) is 0.567. The molecule has 9 heteroatoms. The maximum absolute atomic E-state index is 14.6. The van der Waals surface area contributed by atoms with Gasteiger partial charge in [-0.25, -0.2) is 0 Å². The highest BCUT2D eigenvalue weighted by Crippen LogP contribution is 2.65. The Hall–Kier alpha value is -2.29. The van der Waals surface area contributed by atoms with Gasteiger partial charge in [0.05, 0.1) is 33.9 Å². The number of nitrogens with zero attached hydrogens (tertiary/aromatic N) is 2. The van der Waals surface area contributed by atoms with Crippen LogP contribution < -0.4 is 4.90 Å². The maximum atomic E-state index is 14.6. The van der Waals surface area contributed by atoms with Crippen LogP contribution in [0.4, 0.5) is 5.69 Å². The first-order chi connectivity index (χ1) is 18.7. The Bertz CT molecular complexity index is 1180. The molecule has 39 heavy (non-hydrogen) atoms. The third kappa shape index (κ3) is 4.82. The minimum atomic E-state index is -0.912. The number of unbranched alkanes of at least 4 members (excludes halogenated alkanes) is 3. The van der Waals surface area contributed by atoms with Crippen LogP contribution in [0.2, 0.25) is 5.02 Å². The van der Waals surface area contributed by atoms with E-state index < -0.39 is 27.4 Å². The molecule has 5 atom stereocenters. The molecule has 0 bridgehead atoms. The van der Waals surface area contributed by atoms with Crippen molar-refractivity contribution in [2.45, 2.75) is 67.9 Å². The Labute approximate surface area is 239 Å². The van der Waals surface area contributed by atoms with E-state index in [-0.39, 0.29) is 24.4 Å². The lowest BCUT2D eigenvalue weighted by molar-refractivity contribution is -0.154. The predicted molar refractivity (Wildman–Crippen MR) is 154 cm³/mol. The molecule has 5 rings (SSSR count). The Morgan fingerprint density at radius 1 is 1.08 bits per heavy atom. The molecule has 2 saturated heterocycles. The van der Waals surface area contributed by atoms with Crippen molar-refractivity contribution in [2.75, 3.05) is 31.2 Å². The van der Waals surface area contributed by atoms with Gasteiger partial charge in [-0.3, -0.25) is 14.4 Å². The van der Waals surface area contributed by atoms with E-state index in [4.69, 9.17) is 21.4 Å². The zero-order valence-corrected chi connectivity index (χ0v) is 24.2. The van der Waals surface area contributed by atoms with E-state index in [0.717, 1.165) is 31.2 Å². The molecule has 4 aliphatic heterocycles. The number of cyclic esters (lactones) is 1. The number of aryl methyl sites for hydroxylation is 1. The van der Waals surface area contributed by atoms with Crippen molar-refractivity contribution >= 4 is 46.8 Å². The largest absolute Gasteiger partial charge is 0.465 e. The SMILES string of the molecule is Cc1cccc(Cl)c1N1CC=C[C@]23S[C@@]4(C)/C=C\CCCOC(=O)[C@H]4[C@H]2C(=O)N(CCCCCCO)C3C1=O. The number of ether oxygens (including phenoxy) is 1. The number of esters is 1. The number of thioether (sulfide) groups is 1. The number of benzene rings is 1. The zero-order valence-electron chi connectivity index (χ0n) is 22.6. The third-order valence-corrected chi connectivity index (χ3v) is 10.6. The number of rotatable bonds is 7. The molecule has 0 radical (unpaired) electrons. The van der Waals surface area contributed by atoms with Gasteiger partial charge in [0.2, 0.25) is 5.91 Å². The number of carbonyl (C=O) groups excluding carboxylic acids is 3. The molecule has 1 unspecified atom stereocenters. The Morgan fingerprint density at radius 3 is 2.64 bits per heavy atom. The standard InChI is InChI=1S/C30H37ClN2O5S/c1-20-12-10-13-21(31)24(20)32-17-11-15-30-22(23-28(37)38-19-9-5-6-14-29(23,2)39-30)26(35)33(25(30)27(32)36)16-7-3-4-8-18-34/h6,10-15,22-23,25,34H,3-5,7-9,16-19H2,1-2H3/b14-6-/t22-,23+,25?,29-,30-/m0/s1. The fourth-order valence-corrected chi connectivity index (χ4v) is 9.26. The Kier molecular flexibility index (Phi) is 8.18. The second-order valence-electron chi connectivity index (χ2n) is 11.1. The fourth-order valence-electron chi connectivity index (χ4n) is 6.79. The number of carbonyl (C=O) groups is 3. The number of hydrogen-bond acceptors (Lipinski definition) is 6. The van der Waals surface area contributed by atoms with Crippen LogP contribution in [-0.4, -0.2) is 69.6 Å². The van der Waals surface area contributed by atoms with Crippen LogP contribution in [0, 0.1) is 18.8 Å². The number of fused-ring (bicyclic) bond motifs is 2. The molecule has 0 saturated carbocycles. The molecule has 2 fully saturated rings. The number of halogens is 1. The highest BCUT2D eigenvalue weighted by Gasteiger charge is 2.73. The molecule has 1 spiro atoms. The van der Waals surface area contributed by atoms with Gasteiger partial charge >= 0.3 is 5.97 Å². The third-order valence-electron chi connectivity index (χ3n) is 8.52. The summed E-state index contributed by atoms with van der Waals surface area (Å²) in [6.07, 6.45) is 12.8. The van der Waals surface area contributed by atoms with Crippen molar-refractivity contribution in [1.82, 2.24) is 4.90 Å². The monoisotopic (exact) mass is 572 g/mol. The van der Waals surface area contributed by atoms with Crippen molar-refractivity contribution < 1.29 is 24.2 Å². The maximum Gasteiger partial charge on any atom is 0.311 e. The van der Waals surface area contributed by atoms with E-state index in [9.17, 15) is 14.4 Å². The topological polar surface area (TPSA) is 87.2 Å². The first-order valence-corrected chi connectivity index (χ1v) is 15.1. The molecule has 1 aromatic carbocycles. The molecule has 2 amide bonds. The average molecular weight is 573 g/mol. The smallest absolute Gasteiger partial charge is 0.311 e. The van der Waals surface area contributed by atoms with Gasteiger partial charge in [-0.15, -0.1) is 11.8 Å². The molecule has 7 nitrogen and oxygen atoms in total. The van der Waals surface area contributed by atoms with E-state index in [1.165, 1.54) is 0 Å². The summed E-state index contributed by atoms with van der Waals surface area (Å²) in [5.74, 6) is -2.11. The molecule has 210 valence electrons. The van der Waals surface area contributed by atoms with E-state index >= 15 is 0 Å². The second kappa shape index (κ2) is 11.3. The van der Waals surface area contributed by atoms with Gasteiger partial charge in [-0.05, 0) is 51.2 Å². The molecule has 0 aromatic heterocycles. The molecule has 1 aromatic rings. The number of hydrogen-bond donors (Lipinski definition) is 1. The van der Waals surface area contributed by atoms with E-state index in [1.807, 2.05) is 38.1 Å². The lowest BCUT2D eigenvalue weighted by Crippen LogP contribution is -2.53. The summed E-state index contributed by atoms with van der Waals surface area (Å²) in [6, 6.07) is 4.79. The number of para-hydroxylation sites is 1. The quantitative estimate of drug-likeness (QED) is 0.290. The number of aliphatic hydroxyl groups excluding tert-OH is 1. The van der Waals surface area contributed by atoms with Crippen molar-refractivity contribution in [3.8, 4) is 0 Å². The number of aliphatic hydroxyl groups is 1. The summed E-state index contributed by atoms with van der Waals surface area (Å²) in [7, 11) is 0. The highest BCUT2D eigenvalue weighted by molar-refractivity contribution is 8.02. The van der Waals surface area contributed by atoms with Crippen LogP contribution >= 0.6 is 23.4 Å². The number of likely N-dealkylation sites (tertiary alicyclic amines) is 1. The van der Waals surface area contributed by atoms with E-state index in [2.05, 4.69) is 12.2 Å². The summed E-state index contributed by atoms with van der Waals surface area (Å²) in [5.41, 5.74) is 1.53. The van der Waals surface area contributed by atoms with Crippen molar-refractivity contribution in [3.05, 3.63) is 53.1 Å². The zero-order chi connectivity index (χ0) is 27.8. The number of allylic oxidation sites excluding steroid dienone is 1. The van der Waals surface area contributed by atoms with Gasteiger partial charge in [0, 0.05) is 24.4 Å². The Balaban J connectivity index is 1.60. The highest BCUT2D eigenvalue weighted by atomic mass is 35.5. The van der Waals surface area contributed by atoms with Gasteiger partial charge in [0.25, 0.3) is 5.91 Å². The molecule has 4 heterocycles. The summed E-state index contributed by atoms with van der Waals surface area (Å²) in [6.45, 7) is 5.13. The van der Waals surface area contributed by atoms with Crippen LogP contribution in [-0.2, 0) is 19.1 Å². The van der Waals surface area contributed by atoms with Crippen LogP contribution in [0.1, 0.15) is 51.0 Å². The lowest BCUT2D eigenvalue weighted by atomic mass is 9.74. The first kappa shape index (κ1) is 28.2. The predicted octanol–water partition coefficient (Wildman–Crippen LogP) is 4.68. The minimum Gasteiger partial charge on any atom is -0.465 e. The van der Waals surface area contributed by atoms with Crippen molar-refractivity contribution in [1.29, 1.82) is 0 Å². The normalized spacial score (nSPS) is 33.0. The molecular weight excluding hydrogens is 536 g/mol. The van der Waals surface area contributed by atoms with Crippen molar-refractivity contribution in [3.63, 3.8) is 0 Å². The summed E-state index contributed by atoms with van der Waals surface area (Å²) in [5, 5.41) is 9.65. The molecule has 1 N–H and O–H groups in total. The lowest BCUT2D eigenvalue weighted by Gasteiger charge is -2.37. The average Bonchev–Trinajstić information content (AvgIpc) is 3.24. The van der Waals surface area contributed by atoms with Gasteiger partial charge in [0.15, 0.2) is 0 Å².